The molecular weight excluding hydrogens is 206 g/mol. The second-order valence-corrected chi connectivity index (χ2v) is 3.97. The minimum absolute atomic E-state index is 0.0904. The number of aromatic nitrogens is 2. The zero-order valence-corrected chi connectivity index (χ0v) is 8.55. The fourth-order valence-corrected chi connectivity index (χ4v) is 1.85. The average Bonchev–Trinajstić information content (AvgIpc) is 2.20. The van der Waals surface area contributed by atoms with Gasteiger partial charge >= 0.3 is 0 Å². The number of aromatic hydroxyl groups is 1. The summed E-state index contributed by atoms with van der Waals surface area (Å²) in [6.45, 7) is 1.60. The minimum atomic E-state index is -0.0904. The van der Waals surface area contributed by atoms with E-state index in [2.05, 4.69) is 10.3 Å². The minimum Gasteiger partial charge on any atom is -0.508 e. The molecule has 2 heterocycles. The maximum atomic E-state index is 12.1. The number of hydrogen-bond donors (Lipinski definition) is 2. The summed E-state index contributed by atoms with van der Waals surface area (Å²) in [5.74, 6) is 0.0934. The standard InChI is InChI=1S/C11H11N3O2/c15-8-1-2-10-9(3-8)11(16)14(6-13-10)7-4-12-5-7/h1-3,6-7,12,15H,4-5H2. The molecule has 0 bridgehead atoms. The molecule has 0 radical (unpaired) electrons. The molecule has 2 aromatic rings. The summed E-state index contributed by atoms with van der Waals surface area (Å²) in [4.78, 5) is 16.3. The van der Waals surface area contributed by atoms with Crippen molar-refractivity contribution in [1.82, 2.24) is 14.9 Å². The van der Waals surface area contributed by atoms with Crippen molar-refractivity contribution in [2.75, 3.05) is 13.1 Å². The van der Waals surface area contributed by atoms with E-state index in [0.717, 1.165) is 13.1 Å². The van der Waals surface area contributed by atoms with Crippen molar-refractivity contribution in [3.8, 4) is 5.75 Å². The first kappa shape index (κ1) is 9.35. The Morgan fingerprint density at radius 1 is 1.44 bits per heavy atom. The molecule has 1 aliphatic rings. The molecule has 0 aliphatic carbocycles. The zero-order valence-electron chi connectivity index (χ0n) is 8.55. The smallest absolute Gasteiger partial charge is 0.261 e. The van der Waals surface area contributed by atoms with Crippen LogP contribution in [0.3, 0.4) is 0 Å². The summed E-state index contributed by atoms with van der Waals surface area (Å²) in [5.41, 5.74) is 0.527. The molecule has 5 nitrogen and oxygen atoms in total. The third-order valence-electron chi connectivity index (χ3n) is 2.92. The monoisotopic (exact) mass is 217 g/mol. The predicted molar refractivity (Wildman–Crippen MR) is 59.6 cm³/mol. The fourth-order valence-electron chi connectivity index (χ4n) is 1.85. The zero-order chi connectivity index (χ0) is 11.1. The van der Waals surface area contributed by atoms with Gasteiger partial charge in [-0.15, -0.1) is 0 Å². The van der Waals surface area contributed by atoms with E-state index >= 15 is 0 Å². The van der Waals surface area contributed by atoms with Gasteiger partial charge in [0.05, 0.1) is 23.3 Å². The van der Waals surface area contributed by atoms with Crippen molar-refractivity contribution in [3.05, 3.63) is 34.9 Å². The molecule has 1 saturated heterocycles. The van der Waals surface area contributed by atoms with Crippen LogP contribution in [0.1, 0.15) is 6.04 Å². The maximum Gasteiger partial charge on any atom is 0.261 e. The summed E-state index contributed by atoms with van der Waals surface area (Å²) in [6.07, 6.45) is 1.58. The lowest BCUT2D eigenvalue weighted by Gasteiger charge is -2.28. The molecule has 2 N–H and O–H groups in total. The number of benzene rings is 1. The molecule has 82 valence electrons. The van der Waals surface area contributed by atoms with Gasteiger partial charge in [0.15, 0.2) is 0 Å². The summed E-state index contributed by atoms with van der Waals surface area (Å²) in [5, 5.41) is 12.9. The summed E-state index contributed by atoms with van der Waals surface area (Å²) < 4.78 is 1.62. The van der Waals surface area contributed by atoms with E-state index in [0.29, 0.717) is 10.9 Å². The van der Waals surface area contributed by atoms with Gasteiger partial charge in [-0.1, -0.05) is 0 Å². The van der Waals surface area contributed by atoms with Gasteiger partial charge in [0.2, 0.25) is 0 Å². The van der Waals surface area contributed by atoms with Crippen molar-refractivity contribution in [1.29, 1.82) is 0 Å². The molecule has 0 atom stereocenters. The van der Waals surface area contributed by atoms with Crippen molar-refractivity contribution < 1.29 is 5.11 Å². The first-order valence-electron chi connectivity index (χ1n) is 5.16. The number of hydrogen-bond acceptors (Lipinski definition) is 4. The molecule has 1 aromatic carbocycles. The number of phenols is 1. The lowest BCUT2D eigenvalue weighted by atomic mass is 10.1. The normalized spacial score (nSPS) is 16.2. The highest BCUT2D eigenvalue weighted by molar-refractivity contribution is 5.78. The van der Waals surface area contributed by atoms with Gasteiger partial charge in [0.1, 0.15) is 5.75 Å². The maximum absolute atomic E-state index is 12.1. The Balaban J connectivity index is 2.25. The van der Waals surface area contributed by atoms with E-state index < -0.39 is 0 Å². The van der Waals surface area contributed by atoms with E-state index in [9.17, 15) is 9.90 Å². The van der Waals surface area contributed by atoms with E-state index in [-0.39, 0.29) is 17.4 Å². The van der Waals surface area contributed by atoms with Crippen molar-refractivity contribution in [2.45, 2.75) is 6.04 Å². The van der Waals surface area contributed by atoms with Crippen LogP contribution in [-0.2, 0) is 0 Å². The fraction of sp³-hybridized carbons (Fsp3) is 0.273. The van der Waals surface area contributed by atoms with Crippen LogP contribution in [0.5, 0.6) is 5.75 Å². The van der Waals surface area contributed by atoms with Gasteiger partial charge in [0, 0.05) is 13.1 Å². The van der Waals surface area contributed by atoms with Crippen LogP contribution < -0.4 is 10.9 Å². The second kappa shape index (κ2) is 3.31. The van der Waals surface area contributed by atoms with Crippen LogP contribution in [-0.4, -0.2) is 27.7 Å². The second-order valence-electron chi connectivity index (χ2n) is 3.97. The highest BCUT2D eigenvalue weighted by Gasteiger charge is 2.20. The summed E-state index contributed by atoms with van der Waals surface area (Å²) >= 11 is 0. The van der Waals surface area contributed by atoms with Crippen LogP contribution in [0.2, 0.25) is 0 Å². The predicted octanol–water partition coefficient (Wildman–Crippen LogP) is 0.246. The molecule has 0 amide bonds. The van der Waals surface area contributed by atoms with Gasteiger partial charge in [-0.05, 0) is 18.2 Å². The van der Waals surface area contributed by atoms with Crippen LogP contribution in [0.4, 0.5) is 0 Å². The summed E-state index contributed by atoms with van der Waals surface area (Å²) in [7, 11) is 0. The van der Waals surface area contributed by atoms with Crippen LogP contribution in [0, 0.1) is 0 Å². The largest absolute Gasteiger partial charge is 0.508 e. The number of fused-ring (bicyclic) bond motifs is 1. The van der Waals surface area contributed by atoms with Crippen molar-refractivity contribution >= 4 is 10.9 Å². The molecule has 0 unspecified atom stereocenters. The molecular formula is C11H11N3O2. The van der Waals surface area contributed by atoms with Crippen LogP contribution in [0.25, 0.3) is 10.9 Å². The van der Waals surface area contributed by atoms with Gasteiger partial charge in [-0.3, -0.25) is 9.36 Å². The number of nitrogens with one attached hydrogen (secondary N) is 1. The Bertz CT molecular complexity index is 602. The van der Waals surface area contributed by atoms with Crippen LogP contribution in [0.15, 0.2) is 29.3 Å². The van der Waals surface area contributed by atoms with Crippen LogP contribution >= 0.6 is 0 Å². The Morgan fingerprint density at radius 3 is 2.94 bits per heavy atom. The van der Waals surface area contributed by atoms with E-state index in [1.54, 1.807) is 17.0 Å². The van der Waals surface area contributed by atoms with Gasteiger partial charge < -0.3 is 10.4 Å². The van der Waals surface area contributed by atoms with Gasteiger partial charge in [-0.25, -0.2) is 4.98 Å². The van der Waals surface area contributed by atoms with Gasteiger partial charge in [0.25, 0.3) is 5.56 Å². The number of nitrogens with zero attached hydrogens (tertiary/aromatic N) is 2. The van der Waals surface area contributed by atoms with E-state index in [1.807, 2.05) is 0 Å². The third-order valence-corrected chi connectivity index (χ3v) is 2.92. The molecule has 3 rings (SSSR count). The van der Waals surface area contributed by atoms with E-state index in [4.69, 9.17) is 0 Å². The van der Waals surface area contributed by atoms with Gasteiger partial charge in [-0.2, -0.15) is 0 Å². The molecule has 1 fully saturated rings. The first-order chi connectivity index (χ1) is 7.75. The molecule has 1 aromatic heterocycles. The number of phenolic OH excluding ortho intramolecular Hbond substituents is 1. The molecule has 1 aliphatic heterocycles. The Labute approximate surface area is 91.4 Å². The average molecular weight is 217 g/mol. The SMILES string of the molecule is O=c1c2cc(O)ccc2ncn1C1CNC1. The lowest BCUT2D eigenvalue weighted by molar-refractivity contribution is 0.334. The third kappa shape index (κ3) is 1.29. The Morgan fingerprint density at radius 2 is 2.25 bits per heavy atom. The van der Waals surface area contributed by atoms with Crippen molar-refractivity contribution in [3.63, 3.8) is 0 Å². The quantitative estimate of drug-likeness (QED) is 0.718. The first-order valence-corrected chi connectivity index (χ1v) is 5.16. The highest BCUT2D eigenvalue weighted by Crippen LogP contribution is 2.16. The molecule has 0 saturated carbocycles. The number of rotatable bonds is 1. The molecule has 5 heteroatoms. The topological polar surface area (TPSA) is 67.1 Å². The Kier molecular flexibility index (Phi) is 1.94. The van der Waals surface area contributed by atoms with Crippen molar-refractivity contribution in [2.24, 2.45) is 0 Å². The molecule has 0 spiro atoms. The van der Waals surface area contributed by atoms with E-state index in [1.165, 1.54) is 12.1 Å². The lowest BCUT2D eigenvalue weighted by Crippen LogP contribution is -2.46. The molecule has 16 heavy (non-hydrogen) atoms. The summed E-state index contributed by atoms with van der Waals surface area (Å²) in [6, 6.07) is 4.83. The highest BCUT2D eigenvalue weighted by atomic mass is 16.3. The Hall–Kier alpha value is -1.88.